The third-order valence-electron chi connectivity index (χ3n) is 5.03. The van der Waals surface area contributed by atoms with Crippen LogP contribution in [0.3, 0.4) is 0 Å². The van der Waals surface area contributed by atoms with Gasteiger partial charge in [0.2, 0.25) is 0 Å². The van der Waals surface area contributed by atoms with Crippen molar-refractivity contribution >= 4 is 40.4 Å². The normalized spacial score (nSPS) is 15.2. The van der Waals surface area contributed by atoms with Crippen molar-refractivity contribution in [2.45, 2.75) is 13.8 Å². The molecule has 0 bridgehead atoms. The lowest BCUT2D eigenvalue weighted by molar-refractivity contribution is -0.122. The van der Waals surface area contributed by atoms with Gasteiger partial charge < -0.3 is 9.47 Å². The van der Waals surface area contributed by atoms with Crippen LogP contribution in [-0.4, -0.2) is 31.1 Å². The Morgan fingerprint density at radius 1 is 0.844 bits per heavy atom. The van der Waals surface area contributed by atoms with Crippen LogP contribution in [0.4, 0.5) is 10.5 Å². The van der Waals surface area contributed by atoms with Crippen molar-refractivity contribution in [3.05, 3.63) is 71.8 Å². The van der Waals surface area contributed by atoms with Crippen LogP contribution >= 0.6 is 0 Å². The number of nitrogens with one attached hydrogen (secondary N) is 1. The van der Waals surface area contributed by atoms with Crippen molar-refractivity contribution in [2.24, 2.45) is 0 Å². The third-order valence-corrected chi connectivity index (χ3v) is 5.03. The fourth-order valence-corrected chi connectivity index (χ4v) is 3.65. The monoisotopic (exact) mass is 430 g/mol. The average molecular weight is 430 g/mol. The fourth-order valence-electron chi connectivity index (χ4n) is 3.65. The summed E-state index contributed by atoms with van der Waals surface area (Å²) in [6, 6.07) is 17.2. The van der Waals surface area contributed by atoms with Gasteiger partial charge in [-0.25, -0.2) is 9.69 Å². The van der Waals surface area contributed by atoms with E-state index in [0.29, 0.717) is 30.3 Å². The molecule has 3 aromatic carbocycles. The molecular weight excluding hydrogens is 408 g/mol. The Balaban J connectivity index is 1.86. The average Bonchev–Trinajstić information content (AvgIpc) is 2.79. The zero-order valence-corrected chi connectivity index (χ0v) is 17.8. The zero-order chi connectivity index (χ0) is 22.7. The number of fused-ring (bicyclic) bond motifs is 1. The van der Waals surface area contributed by atoms with Gasteiger partial charge in [-0.3, -0.25) is 14.9 Å². The minimum atomic E-state index is -0.827. The smallest absolute Gasteiger partial charge is 0.336 e. The minimum Gasteiger partial charge on any atom is -0.493 e. The Kier molecular flexibility index (Phi) is 5.89. The Morgan fingerprint density at radius 3 is 2.31 bits per heavy atom. The number of nitrogens with zero attached hydrogens (tertiary/aromatic N) is 1. The number of hydrogen-bond donors (Lipinski definition) is 1. The van der Waals surface area contributed by atoms with Gasteiger partial charge in [0.05, 0.1) is 18.9 Å². The fraction of sp³-hybridized carbons (Fsp3) is 0.160. The molecule has 1 N–H and O–H groups in total. The van der Waals surface area contributed by atoms with Crippen molar-refractivity contribution < 1.29 is 23.9 Å². The summed E-state index contributed by atoms with van der Waals surface area (Å²) in [6.45, 7) is 4.44. The molecule has 7 nitrogen and oxygen atoms in total. The minimum absolute atomic E-state index is 0.173. The summed E-state index contributed by atoms with van der Waals surface area (Å²) < 4.78 is 11.3. The maximum Gasteiger partial charge on any atom is 0.336 e. The van der Waals surface area contributed by atoms with E-state index in [9.17, 15) is 14.4 Å². The van der Waals surface area contributed by atoms with E-state index in [1.165, 1.54) is 6.08 Å². The Bertz CT molecular complexity index is 1250. The topological polar surface area (TPSA) is 84.9 Å². The Hall–Kier alpha value is -4.13. The van der Waals surface area contributed by atoms with Crippen LogP contribution in [0.5, 0.6) is 11.5 Å². The van der Waals surface area contributed by atoms with Crippen LogP contribution in [0.15, 0.2) is 66.2 Å². The van der Waals surface area contributed by atoms with Gasteiger partial charge in [0.15, 0.2) is 0 Å². The number of imide groups is 2. The van der Waals surface area contributed by atoms with Gasteiger partial charge in [-0.2, -0.15) is 0 Å². The van der Waals surface area contributed by atoms with E-state index in [-0.39, 0.29) is 11.3 Å². The van der Waals surface area contributed by atoms with Crippen LogP contribution in [-0.2, 0) is 9.59 Å². The predicted octanol–water partition coefficient (Wildman–Crippen LogP) is 4.30. The van der Waals surface area contributed by atoms with Gasteiger partial charge in [0.25, 0.3) is 11.8 Å². The highest BCUT2D eigenvalue weighted by atomic mass is 16.5. The van der Waals surface area contributed by atoms with Crippen molar-refractivity contribution in [3.8, 4) is 11.5 Å². The number of rotatable bonds is 6. The quantitative estimate of drug-likeness (QED) is 0.465. The molecule has 0 radical (unpaired) electrons. The molecule has 1 aliphatic rings. The maximum atomic E-state index is 13.4. The molecule has 0 spiro atoms. The Morgan fingerprint density at radius 2 is 1.53 bits per heavy atom. The second-order valence-corrected chi connectivity index (χ2v) is 6.99. The van der Waals surface area contributed by atoms with Crippen molar-refractivity contribution in [1.82, 2.24) is 5.32 Å². The number of carbonyl (C=O) groups is 3. The molecule has 0 aromatic heterocycles. The van der Waals surface area contributed by atoms with E-state index in [1.807, 2.05) is 37.3 Å². The van der Waals surface area contributed by atoms with Gasteiger partial charge in [-0.1, -0.05) is 42.5 Å². The number of benzene rings is 3. The molecule has 1 heterocycles. The van der Waals surface area contributed by atoms with Crippen LogP contribution in [0.2, 0.25) is 0 Å². The number of amides is 4. The molecule has 32 heavy (non-hydrogen) atoms. The summed E-state index contributed by atoms with van der Waals surface area (Å²) in [5.41, 5.74) is 0.683. The molecule has 4 amide bonds. The highest BCUT2D eigenvalue weighted by Crippen LogP contribution is 2.34. The molecular formula is C25H22N2O5. The molecule has 0 unspecified atom stereocenters. The predicted molar refractivity (Wildman–Crippen MR) is 122 cm³/mol. The number of anilines is 1. The second kappa shape index (κ2) is 8.93. The van der Waals surface area contributed by atoms with E-state index >= 15 is 0 Å². The van der Waals surface area contributed by atoms with Crippen LogP contribution in [0, 0.1) is 0 Å². The number of hydrogen-bond acceptors (Lipinski definition) is 5. The van der Waals surface area contributed by atoms with Gasteiger partial charge in [0.1, 0.15) is 17.1 Å². The number of barbiturate groups is 1. The summed E-state index contributed by atoms with van der Waals surface area (Å²) in [6.07, 6.45) is 1.48. The molecule has 4 rings (SSSR count). The van der Waals surface area contributed by atoms with Gasteiger partial charge in [-0.15, -0.1) is 0 Å². The maximum absolute atomic E-state index is 13.4. The Labute approximate surface area is 185 Å². The van der Waals surface area contributed by atoms with E-state index in [2.05, 4.69) is 5.32 Å². The molecule has 0 saturated carbocycles. The standard InChI is InChI=1S/C25H22N2O5/c1-3-31-21-14-13-16-9-5-6-10-17(16)18(21)15-19-23(28)26-25(30)27(24(19)29)20-11-7-8-12-22(20)32-4-2/h5-15H,3-4H2,1-2H3,(H,26,28,30)/b19-15+. The summed E-state index contributed by atoms with van der Waals surface area (Å²) in [7, 11) is 0. The van der Waals surface area contributed by atoms with E-state index in [1.54, 1.807) is 37.3 Å². The summed E-state index contributed by atoms with van der Waals surface area (Å²) in [4.78, 5) is 39.6. The first-order chi connectivity index (χ1) is 15.5. The number of para-hydroxylation sites is 2. The second-order valence-electron chi connectivity index (χ2n) is 6.99. The van der Waals surface area contributed by atoms with E-state index in [0.717, 1.165) is 15.7 Å². The van der Waals surface area contributed by atoms with Crippen molar-refractivity contribution in [2.75, 3.05) is 18.1 Å². The molecule has 3 aromatic rings. The van der Waals surface area contributed by atoms with E-state index in [4.69, 9.17) is 9.47 Å². The molecule has 7 heteroatoms. The van der Waals surface area contributed by atoms with Gasteiger partial charge in [-0.05, 0) is 48.9 Å². The SMILES string of the molecule is CCOc1ccccc1N1C(=O)NC(=O)/C(=C\c2c(OCC)ccc3ccccc23)C1=O. The first-order valence-electron chi connectivity index (χ1n) is 10.3. The molecule has 1 aliphatic heterocycles. The lowest BCUT2D eigenvalue weighted by Gasteiger charge is -2.27. The van der Waals surface area contributed by atoms with Crippen LogP contribution < -0.4 is 19.7 Å². The zero-order valence-electron chi connectivity index (χ0n) is 17.8. The van der Waals surface area contributed by atoms with Gasteiger partial charge in [0, 0.05) is 5.56 Å². The molecule has 1 fully saturated rings. The number of urea groups is 1. The summed E-state index contributed by atoms with van der Waals surface area (Å²) >= 11 is 0. The summed E-state index contributed by atoms with van der Waals surface area (Å²) in [5, 5.41) is 4.02. The van der Waals surface area contributed by atoms with Crippen LogP contribution in [0.25, 0.3) is 16.8 Å². The molecule has 162 valence electrons. The first-order valence-corrected chi connectivity index (χ1v) is 10.3. The highest BCUT2D eigenvalue weighted by Gasteiger charge is 2.38. The lowest BCUT2D eigenvalue weighted by Crippen LogP contribution is -2.54. The molecule has 0 atom stereocenters. The lowest BCUT2D eigenvalue weighted by atomic mass is 9.99. The molecule has 0 aliphatic carbocycles. The largest absolute Gasteiger partial charge is 0.493 e. The summed E-state index contributed by atoms with van der Waals surface area (Å²) in [5.74, 6) is -0.591. The number of carbonyl (C=O) groups excluding carboxylic acids is 3. The first kappa shape index (κ1) is 21.1. The van der Waals surface area contributed by atoms with Crippen LogP contribution in [0.1, 0.15) is 19.4 Å². The number of ether oxygens (including phenoxy) is 2. The van der Waals surface area contributed by atoms with Crippen molar-refractivity contribution in [3.63, 3.8) is 0 Å². The third kappa shape index (κ3) is 3.80. The van der Waals surface area contributed by atoms with Gasteiger partial charge >= 0.3 is 6.03 Å². The van der Waals surface area contributed by atoms with E-state index < -0.39 is 17.8 Å². The molecule has 1 saturated heterocycles. The highest BCUT2D eigenvalue weighted by molar-refractivity contribution is 6.39. The van der Waals surface area contributed by atoms with Crippen molar-refractivity contribution in [1.29, 1.82) is 0 Å².